The number of likely N-dealkylation sites (tertiary alicyclic amines) is 1. The molecule has 1 saturated heterocycles. The van der Waals surface area contributed by atoms with E-state index < -0.39 is 41.8 Å². The van der Waals surface area contributed by atoms with E-state index in [-0.39, 0.29) is 24.6 Å². The van der Waals surface area contributed by atoms with E-state index in [9.17, 15) is 29.4 Å². The van der Waals surface area contributed by atoms with Gasteiger partial charge in [0.05, 0.1) is 12.6 Å². The van der Waals surface area contributed by atoms with Crippen LogP contribution in [0, 0.1) is 5.92 Å². The molecule has 0 saturated carbocycles. The molecule has 2 rings (SSSR count). The zero-order valence-corrected chi connectivity index (χ0v) is 18.4. The Balaban J connectivity index is 2.05. The van der Waals surface area contributed by atoms with E-state index in [0.717, 1.165) is 0 Å². The van der Waals surface area contributed by atoms with Crippen LogP contribution >= 0.6 is 0 Å². The second kappa shape index (κ2) is 11.5. The van der Waals surface area contributed by atoms with E-state index >= 15 is 0 Å². The molecule has 32 heavy (non-hydrogen) atoms. The van der Waals surface area contributed by atoms with Gasteiger partial charge in [-0.25, -0.2) is 4.79 Å². The average Bonchev–Trinajstić information content (AvgIpc) is 3.22. The lowest BCUT2D eigenvalue weighted by Crippen LogP contribution is -2.54. The zero-order chi connectivity index (χ0) is 23.8. The number of aliphatic carboxylic acids is 1. The summed E-state index contributed by atoms with van der Waals surface area (Å²) in [6.45, 7) is 3.82. The maximum atomic E-state index is 12.8. The SMILES string of the molecule is CC(C)CC(N)C(=O)NC(Cc1ccc(O)cc1)C(=O)NCC(=O)N1CCCC1C(=O)O. The Morgan fingerprint density at radius 3 is 2.41 bits per heavy atom. The lowest BCUT2D eigenvalue weighted by Gasteiger charge is -2.24. The number of phenolic OH excluding ortho intramolecular Hbond substituents is 1. The molecule has 1 fully saturated rings. The Morgan fingerprint density at radius 2 is 1.81 bits per heavy atom. The minimum Gasteiger partial charge on any atom is -0.508 e. The number of carboxylic acids is 1. The molecule has 10 nitrogen and oxygen atoms in total. The number of carbonyl (C=O) groups is 4. The highest BCUT2D eigenvalue weighted by Gasteiger charge is 2.34. The summed E-state index contributed by atoms with van der Waals surface area (Å²) in [7, 11) is 0. The predicted molar refractivity (Wildman–Crippen MR) is 117 cm³/mol. The molecule has 10 heteroatoms. The van der Waals surface area contributed by atoms with Gasteiger partial charge in [-0.2, -0.15) is 0 Å². The minimum atomic E-state index is -1.07. The first-order valence-electron chi connectivity index (χ1n) is 10.7. The van der Waals surface area contributed by atoms with Crippen molar-refractivity contribution in [3.8, 4) is 5.75 Å². The van der Waals surface area contributed by atoms with Crippen LogP contribution in [0.3, 0.4) is 0 Å². The summed E-state index contributed by atoms with van der Waals surface area (Å²) in [6, 6.07) is 3.53. The number of amides is 3. The van der Waals surface area contributed by atoms with Crippen molar-refractivity contribution in [3.05, 3.63) is 29.8 Å². The van der Waals surface area contributed by atoms with Gasteiger partial charge in [0.1, 0.15) is 17.8 Å². The molecule has 1 aliphatic rings. The van der Waals surface area contributed by atoms with Crippen molar-refractivity contribution < 1.29 is 29.4 Å². The molecular formula is C22H32N4O6. The summed E-state index contributed by atoms with van der Waals surface area (Å²) in [5, 5.41) is 23.9. The van der Waals surface area contributed by atoms with Crippen LogP contribution in [0.4, 0.5) is 0 Å². The van der Waals surface area contributed by atoms with Gasteiger partial charge >= 0.3 is 5.97 Å². The summed E-state index contributed by atoms with van der Waals surface area (Å²) in [6.07, 6.45) is 1.54. The number of nitrogens with one attached hydrogen (secondary N) is 2. The van der Waals surface area contributed by atoms with Gasteiger partial charge in [0, 0.05) is 13.0 Å². The monoisotopic (exact) mass is 448 g/mol. The average molecular weight is 449 g/mol. The Hall–Kier alpha value is -3.14. The molecule has 1 aliphatic heterocycles. The van der Waals surface area contributed by atoms with Crippen molar-refractivity contribution >= 4 is 23.7 Å². The molecule has 0 aromatic heterocycles. The first-order chi connectivity index (χ1) is 15.1. The molecule has 1 aromatic carbocycles. The van der Waals surface area contributed by atoms with E-state index in [1.54, 1.807) is 12.1 Å². The maximum absolute atomic E-state index is 12.8. The van der Waals surface area contributed by atoms with E-state index in [2.05, 4.69) is 10.6 Å². The van der Waals surface area contributed by atoms with Crippen molar-refractivity contribution in [1.29, 1.82) is 0 Å². The lowest BCUT2D eigenvalue weighted by atomic mass is 10.0. The summed E-state index contributed by atoms with van der Waals surface area (Å²) in [5.74, 6) is -2.35. The molecule has 3 unspecified atom stereocenters. The topological polar surface area (TPSA) is 162 Å². The first-order valence-corrected chi connectivity index (χ1v) is 10.7. The highest BCUT2D eigenvalue weighted by atomic mass is 16.4. The van der Waals surface area contributed by atoms with Gasteiger partial charge in [-0.05, 0) is 42.9 Å². The third kappa shape index (κ3) is 7.23. The molecule has 0 spiro atoms. The normalized spacial score (nSPS) is 17.6. The summed E-state index contributed by atoms with van der Waals surface area (Å²) >= 11 is 0. The van der Waals surface area contributed by atoms with Gasteiger partial charge in [0.25, 0.3) is 0 Å². The van der Waals surface area contributed by atoms with Crippen LogP contribution in [-0.2, 0) is 25.6 Å². The molecule has 0 bridgehead atoms. The number of nitrogens with two attached hydrogens (primary N) is 1. The molecule has 3 atom stereocenters. The number of nitrogens with zero attached hydrogens (tertiary/aromatic N) is 1. The van der Waals surface area contributed by atoms with Gasteiger partial charge in [0.2, 0.25) is 17.7 Å². The Labute approximate surface area is 187 Å². The van der Waals surface area contributed by atoms with Crippen molar-refractivity contribution in [2.75, 3.05) is 13.1 Å². The summed E-state index contributed by atoms with van der Waals surface area (Å²) < 4.78 is 0. The second-order valence-electron chi connectivity index (χ2n) is 8.47. The molecule has 176 valence electrons. The van der Waals surface area contributed by atoms with Gasteiger partial charge in [-0.1, -0.05) is 26.0 Å². The van der Waals surface area contributed by atoms with Crippen LogP contribution in [0.25, 0.3) is 0 Å². The lowest BCUT2D eigenvalue weighted by molar-refractivity contribution is -0.148. The standard InChI is InChI=1S/C22H32N4O6/c1-13(2)10-16(23)20(29)25-17(11-14-5-7-15(27)8-6-14)21(30)24-12-19(28)26-9-3-4-18(26)22(31)32/h5-8,13,16-18,27H,3-4,9-12,23H2,1-2H3,(H,24,30)(H,25,29)(H,31,32). The van der Waals surface area contributed by atoms with Crippen molar-refractivity contribution in [2.45, 2.75) is 57.7 Å². The molecule has 1 heterocycles. The molecule has 3 amide bonds. The van der Waals surface area contributed by atoms with E-state index in [0.29, 0.717) is 31.4 Å². The van der Waals surface area contributed by atoms with Crippen molar-refractivity contribution in [2.24, 2.45) is 11.7 Å². The van der Waals surface area contributed by atoms with Gasteiger partial charge < -0.3 is 31.5 Å². The number of benzene rings is 1. The Bertz CT molecular complexity index is 826. The zero-order valence-electron chi connectivity index (χ0n) is 18.4. The number of phenols is 1. The van der Waals surface area contributed by atoms with Gasteiger partial charge in [-0.3, -0.25) is 14.4 Å². The smallest absolute Gasteiger partial charge is 0.326 e. The highest BCUT2D eigenvalue weighted by molar-refractivity contribution is 5.93. The number of hydrogen-bond donors (Lipinski definition) is 5. The Morgan fingerprint density at radius 1 is 1.16 bits per heavy atom. The quantitative estimate of drug-likeness (QED) is 0.336. The second-order valence-corrected chi connectivity index (χ2v) is 8.47. The third-order valence-electron chi connectivity index (χ3n) is 5.34. The number of carbonyl (C=O) groups excluding carboxylic acids is 3. The van der Waals surface area contributed by atoms with E-state index in [1.165, 1.54) is 17.0 Å². The van der Waals surface area contributed by atoms with E-state index in [4.69, 9.17) is 5.73 Å². The number of carboxylic acid groups (broad SMARTS) is 1. The molecule has 1 aromatic rings. The predicted octanol–water partition coefficient (Wildman–Crippen LogP) is -0.0153. The van der Waals surface area contributed by atoms with Crippen LogP contribution in [0.2, 0.25) is 0 Å². The van der Waals surface area contributed by atoms with Crippen LogP contribution in [-0.4, -0.2) is 70.0 Å². The maximum Gasteiger partial charge on any atom is 0.326 e. The van der Waals surface area contributed by atoms with Crippen molar-refractivity contribution in [1.82, 2.24) is 15.5 Å². The number of rotatable bonds is 10. The molecule has 6 N–H and O–H groups in total. The molecular weight excluding hydrogens is 416 g/mol. The van der Waals surface area contributed by atoms with Crippen LogP contribution in [0.1, 0.15) is 38.7 Å². The fourth-order valence-corrected chi connectivity index (χ4v) is 3.68. The van der Waals surface area contributed by atoms with Crippen LogP contribution in [0.5, 0.6) is 5.75 Å². The first kappa shape index (κ1) is 25.1. The minimum absolute atomic E-state index is 0.0712. The molecule has 0 aliphatic carbocycles. The highest BCUT2D eigenvalue weighted by Crippen LogP contribution is 2.17. The summed E-state index contributed by atoms with van der Waals surface area (Å²) in [4.78, 5) is 50.3. The van der Waals surface area contributed by atoms with Crippen LogP contribution in [0.15, 0.2) is 24.3 Å². The van der Waals surface area contributed by atoms with Crippen molar-refractivity contribution in [3.63, 3.8) is 0 Å². The molecule has 0 radical (unpaired) electrons. The van der Waals surface area contributed by atoms with Gasteiger partial charge in [-0.15, -0.1) is 0 Å². The third-order valence-corrected chi connectivity index (χ3v) is 5.34. The fraction of sp³-hybridized carbons (Fsp3) is 0.545. The number of hydrogen-bond acceptors (Lipinski definition) is 6. The number of aromatic hydroxyl groups is 1. The summed E-state index contributed by atoms with van der Waals surface area (Å²) in [5.41, 5.74) is 6.63. The largest absolute Gasteiger partial charge is 0.508 e. The fourth-order valence-electron chi connectivity index (χ4n) is 3.68. The Kier molecular flexibility index (Phi) is 9.01. The van der Waals surface area contributed by atoms with Crippen LogP contribution < -0.4 is 16.4 Å². The van der Waals surface area contributed by atoms with E-state index in [1.807, 2.05) is 13.8 Å². The van der Waals surface area contributed by atoms with Gasteiger partial charge in [0.15, 0.2) is 0 Å².